The summed E-state index contributed by atoms with van der Waals surface area (Å²) in [5.41, 5.74) is 3.12. The normalized spacial score (nSPS) is 12.8. The molecule has 0 unspecified atom stereocenters. The van der Waals surface area contributed by atoms with Crippen molar-refractivity contribution in [2.75, 3.05) is 5.32 Å². The number of nitrogens with zero attached hydrogens (tertiary/aromatic N) is 1. The van der Waals surface area contributed by atoms with Crippen LogP contribution in [0.4, 0.5) is 5.69 Å². The van der Waals surface area contributed by atoms with Gasteiger partial charge in [-0.25, -0.2) is 4.79 Å². The standard InChI is InChI=1S/C19H21N3O4/c1-10-16(12(3)23)11(2)21-17(10)19(25)26-13(4)18(24)22-15-7-5-14(9-20)6-8-15/h5-8,12-13,21,23H,1-4H3,(H,22,24)/t12-,13-/m0/s1. The van der Waals surface area contributed by atoms with Crippen LogP contribution in [-0.2, 0) is 9.53 Å². The molecule has 26 heavy (non-hydrogen) atoms. The predicted octanol–water partition coefficient (Wildman–Crippen LogP) is 2.74. The molecule has 0 fully saturated rings. The molecule has 0 aliphatic heterocycles. The highest BCUT2D eigenvalue weighted by molar-refractivity contribution is 5.97. The fraction of sp³-hybridized carbons (Fsp3) is 0.316. The summed E-state index contributed by atoms with van der Waals surface area (Å²) in [7, 11) is 0. The number of carbonyl (C=O) groups excluding carboxylic acids is 2. The minimum absolute atomic E-state index is 0.219. The molecule has 1 amide bonds. The first-order chi connectivity index (χ1) is 12.2. The van der Waals surface area contributed by atoms with Crippen molar-refractivity contribution in [3.63, 3.8) is 0 Å². The van der Waals surface area contributed by atoms with E-state index in [-0.39, 0.29) is 5.69 Å². The highest BCUT2D eigenvalue weighted by Gasteiger charge is 2.24. The van der Waals surface area contributed by atoms with Crippen LogP contribution >= 0.6 is 0 Å². The number of carbonyl (C=O) groups is 2. The number of rotatable bonds is 5. The SMILES string of the molecule is Cc1[nH]c(C(=O)O[C@@H](C)C(=O)Nc2ccc(C#N)cc2)c(C)c1[C@H](C)O. The fourth-order valence-electron chi connectivity index (χ4n) is 2.74. The molecular formula is C19H21N3O4. The van der Waals surface area contributed by atoms with Crippen LogP contribution in [0.2, 0.25) is 0 Å². The summed E-state index contributed by atoms with van der Waals surface area (Å²) in [6, 6.07) is 8.34. The number of aromatic amines is 1. The van der Waals surface area contributed by atoms with Gasteiger partial charge in [0.2, 0.25) is 0 Å². The number of amides is 1. The number of aliphatic hydroxyl groups excluding tert-OH is 1. The number of aliphatic hydroxyl groups is 1. The van der Waals surface area contributed by atoms with E-state index in [1.807, 2.05) is 6.07 Å². The summed E-state index contributed by atoms with van der Waals surface area (Å²) in [6.45, 7) is 6.56. The van der Waals surface area contributed by atoms with Gasteiger partial charge in [-0.05, 0) is 57.5 Å². The lowest BCUT2D eigenvalue weighted by molar-refractivity contribution is -0.123. The van der Waals surface area contributed by atoms with Crippen LogP contribution in [0.3, 0.4) is 0 Å². The van der Waals surface area contributed by atoms with Gasteiger partial charge < -0.3 is 20.1 Å². The molecule has 0 saturated heterocycles. The van der Waals surface area contributed by atoms with Crippen LogP contribution in [0.15, 0.2) is 24.3 Å². The van der Waals surface area contributed by atoms with E-state index >= 15 is 0 Å². The lowest BCUT2D eigenvalue weighted by atomic mass is 10.1. The molecular weight excluding hydrogens is 334 g/mol. The van der Waals surface area contributed by atoms with E-state index in [2.05, 4.69) is 10.3 Å². The maximum atomic E-state index is 12.4. The van der Waals surface area contributed by atoms with Crippen LogP contribution in [0, 0.1) is 25.2 Å². The van der Waals surface area contributed by atoms with Gasteiger partial charge in [-0.1, -0.05) is 0 Å². The van der Waals surface area contributed by atoms with E-state index in [4.69, 9.17) is 10.00 Å². The van der Waals surface area contributed by atoms with Crippen LogP contribution in [0.5, 0.6) is 0 Å². The zero-order chi connectivity index (χ0) is 19.4. The molecule has 2 rings (SSSR count). The molecule has 1 aromatic carbocycles. The number of hydrogen-bond acceptors (Lipinski definition) is 5. The van der Waals surface area contributed by atoms with E-state index in [1.54, 1.807) is 45.0 Å². The summed E-state index contributed by atoms with van der Waals surface area (Å²) in [6.07, 6.45) is -1.74. The Morgan fingerprint density at radius 1 is 1.23 bits per heavy atom. The molecule has 0 saturated carbocycles. The topological polar surface area (TPSA) is 115 Å². The summed E-state index contributed by atoms with van der Waals surface area (Å²) >= 11 is 0. The molecule has 3 N–H and O–H groups in total. The summed E-state index contributed by atoms with van der Waals surface area (Å²) in [5, 5.41) is 21.2. The Balaban J connectivity index is 2.05. The smallest absolute Gasteiger partial charge is 0.355 e. The van der Waals surface area contributed by atoms with Crippen molar-refractivity contribution in [2.45, 2.75) is 39.9 Å². The number of benzene rings is 1. The van der Waals surface area contributed by atoms with Crippen molar-refractivity contribution in [1.82, 2.24) is 4.98 Å². The lowest BCUT2D eigenvalue weighted by Crippen LogP contribution is -2.30. The average Bonchev–Trinajstić information content (AvgIpc) is 2.90. The zero-order valence-electron chi connectivity index (χ0n) is 15.1. The quantitative estimate of drug-likeness (QED) is 0.713. The van der Waals surface area contributed by atoms with Gasteiger partial charge in [0, 0.05) is 16.9 Å². The average molecular weight is 355 g/mol. The number of ether oxygens (including phenoxy) is 1. The first-order valence-electron chi connectivity index (χ1n) is 8.13. The highest BCUT2D eigenvalue weighted by atomic mass is 16.5. The van der Waals surface area contributed by atoms with Gasteiger partial charge in [0.05, 0.1) is 17.7 Å². The molecule has 7 nitrogen and oxygen atoms in total. The Hall–Kier alpha value is -3.11. The van der Waals surface area contributed by atoms with Crippen molar-refractivity contribution in [3.05, 3.63) is 52.3 Å². The number of hydrogen-bond donors (Lipinski definition) is 3. The molecule has 0 bridgehead atoms. The largest absolute Gasteiger partial charge is 0.448 e. The van der Waals surface area contributed by atoms with Crippen LogP contribution in [0.1, 0.15) is 52.8 Å². The van der Waals surface area contributed by atoms with Gasteiger partial charge in [-0.2, -0.15) is 5.26 Å². The number of nitriles is 1. The van der Waals surface area contributed by atoms with Crippen LogP contribution in [-0.4, -0.2) is 28.1 Å². The minimum atomic E-state index is -1.02. The van der Waals surface area contributed by atoms with Crippen LogP contribution < -0.4 is 5.32 Å². The maximum absolute atomic E-state index is 12.4. The van der Waals surface area contributed by atoms with Gasteiger partial charge in [-0.3, -0.25) is 4.79 Å². The highest BCUT2D eigenvalue weighted by Crippen LogP contribution is 2.25. The second-order valence-electron chi connectivity index (χ2n) is 6.07. The molecule has 136 valence electrons. The summed E-state index contributed by atoms with van der Waals surface area (Å²) < 4.78 is 5.23. The zero-order valence-corrected chi connectivity index (χ0v) is 15.1. The van der Waals surface area contributed by atoms with Crippen molar-refractivity contribution in [1.29, 1.82) is 5.26 Å². The second kappa shape index (κ2) is 7.85. The Bertz CT molecular complexity index is 860. The first kappa shape index (κ1) is 19.2. The fourth-order valence-corrected chi connectivity index (χ4v) is 2.74. The molecule has 2 aromatic rings. The number of aromatic nitrogens is 1. The van der Waals surface area contributed by atoms with Crippen LogP contribution in [0.25, 0.3) is 0 Å². The number of aryl methyl sites for hydroxylation is 1. The van der Waals surface area contributed by atoms with E-state index in [1.165, 1.54) is 6.92 Å². The van der Waals surface area contributed by atoms with Gasteiger partial charge >= 0.3 is 5.97 Å². The minimum Gasteiger partial charge on any atom is -0.448 e. The third kappa shape index (κ3) is 4.10. The molecule has 2 atom stereocenters. The molecule has 0 spiro atoms. The second-order valence-corrected chi connectivity index (χ2v) is 6.07. The summed E-state index contributed by atoms with van der Waals surface area (Å²) in [4.78, 5) is 27.5. The molecule has 1 aromatic heterocycles. The van der Waals surface area contributed by atoms with E-state index < -0.39 is 24.1 Å². The summed E-state index contributed by atoms with van der Waals surface area (Å²) in [5.74, 6) is -1.15. The number of nitrogens with one attached hydrogen (secondary N) is 2. The maximum Gasteiger partial charge on any atom is 0.355 e. The van der Waals surface area contributed by atoms with Crippen molar-refractivity contribution < 1.29 is 19.4 Å². The van der Waals surface area contributed by atoms with Gasteiger partial charge in [0.25, 0.3) is 5.91 Å². The number of anilines is 1. The van der Waals surface area contributed by atoms with Gasteiger partial charge in [0.1, 0.15) is 5.69 Å². The molecule has 0 aliphatic rings. The number of esters is 1. The van der Waals surface area contributed by atoms with Crippen molar-refractivity contribution in [2.24, 2.45) is 0 Å². The third-order valence-electron chi connectivity index (χ3n) is 4.05. The Kier molecular flexibility index (Phi) is 5.80. The first-order valence-corrected chi connectivity index (χ1v) is 8.13. The lowest BCUT2D eigenvalue weighted by Gasteiger charge is -2.13. The Morgan fingerprint density at radius 2 is 1.85 bits per heavy atom. The monoisotopic (exact) mass is 355 g/mol. The molecule has 1 heterocycles. The van der Waals surface area contributed by atoms with E-state index in [0.717, 1.165) is 0 Å². The Morgan fingerprint density at radius 3 is 2.35 bits per heavy atom. The van der Waals surface area contributed by atoms with Crippen molar-refractivity contribution in [3.8, 4) is 6.07 Å². The van der Waals surface area contributed by atoms with Gasteiger partial charge in [-0.15, -0.1) is 0 Å². The van der Waals surface area contributed by atoms with Gasteiger partial charge in [0.15, 0.2) is 6.10 Å². The molecule has 0 radical (unpaired) electrons. The molecule has 0 aliphatic carbocycles. The number of H-pyrrole nitrogens is 1. The predicted molar refractivity (Wildman–Crippen MR) is 95.6 cm³/mol. The van der Waals surface area contributed by atoms with Crippen molar-refractivity contribution >= 4 is 17.6 Å². The third-order valence-corrected chi connectivity index (χ3v) is 4.05. The Labute approximate surface area is 151 Å². The van der Waals surface area contributed by atoms with E-state index in [0.29, 0.717) is 28.1 Å². The van der Waals surface area contributed by atoms with E-state index in [9.17, 15) is 14.7 Å². The molecule has 7 heteroatoms.